The van der Waals surface area contributed by atoms with Crippen molar-refractivity contribution in [3.63, 3.8) is 0 Å². The van der Waals surface area contributed by atoms with E-state index in [0.29, 0.717) is 6.61 Å². The smallest absolute Gasteiger partial charge is 0.119 e. The fourth-order valence-electron chi connectivity index (χ4n) is 1.61. The van der Waals surface area contributed by atoms with E-state index >= 15 is 0 Å². The molecule has 0 heterocycles. The largest absolute Gasteiger partial charge is 0.490 e. The molecule has 0 fully saturated rings. The summed E-state index contributed by atoms with van der Waals surface area (Å²) in [5, 5.41) is 12.5. The summed E-state index contributed by atoms with van der Waals surface area (Å²) in [7, 11) is 0. The molecule has 1 aromatic rings. The summed E-state index contributed by atoms with van der Waals surface area (Å²) in [5.74, 6) is 0.868. The van der Waals surface area contributed by atoms with Crippen LogP contribution in [0.1, 0.15) is 25.3 Å². The van der Waals surface area contributed by atoms with Gasteiger partial charge in [0.25, 0.3) is 0 Å². The first-order chi connectivity index (χ1) is 8.72. The summed E-state index contributed by atoms with van der Waals surface area (Å²) in [6, 6.07) is 8.05. The van der Waals surface area contributed by atoms with Gasteiger partial charge in [0.2, 0.25) is 0 Å². The quantitative estimate of drug-likeness (QED) is 0.522. The van der Waals surface area contributed by atoms with Crippen molar-refractivity contribution in [2.45, 2.75) is 32.4 Å². The molecule has 1 atom stereocenters. The maximum atomic E-state index is 9.12. The molecule has 18 heavy (non-hydrogen) atoms. The molecule has 1 aromatic carbocycles. The van der Waals surface area contributed by atoms with Crippen molar-refractivity contribution in [2.24, 2.45) is 0 Å². The van der Waals surface area contributed by atoms with Gasteiger partial charge in [0.05, 0.1) is 6.10 Å². The summed E-state index contributed by atoms with van der Waals surface area (Å²) >= 11 is 0. The molecule has 0 radical (unpaired) electrons. The predicted octanol–water partition coefficient (Wildman–Crippen LogP) is 2.50. The Morgan fingerprint density at radius 3 is 2.72 bits per heavy atom. The average molecular weight is 249 g/mol. The second-order valence-corrected chi connectivity index (χ2v) is 4.41. The molecule has 100 valence electrons. The molecule has 3 nitrogen and oxygen atoms in total. The van der Waals surface area contributed by atoms with Crippen molar-refractivity contribution in [3.8, 4) is 5.75 Å². The Labute approximate surface area is 109 Å². The van der Waals surface area contributed by atoms with Crippen molar-refractivity contribution < 1.29 is 9.84 Å². The molecule has 0 spiro atoms. The van der Waals surface area contributed by atoms with Gasteiger partial charge in [-0.2, -0.15) is 0 Å². The van der Waals surface area contributed by atoms with Gasteiger partial charge in [-0.1, -0.05) is 24.8 Å². The fraction of sp³-hybridized carbons (Fsp3) is 0.467. The molecule has 0 aliphatic rings. The van der Waals surface area contributed by atoms with Crippen LogP contribution >= 0.6 is 0 Å². The summed E-state index contributed by atoms with van der Waals surface area (Å²) in [6.45, 7) is 7.75. The molecular weight excluding hydrogens is 226 g/mol. The summed E-state index contributed by atoms with van der Waals surface area (Å²) in [4.78, 5) is 0. The van der Waals surface area contributed by atoms with Crippen LogP contribution in [0.15, 0.2) is 36.9 Å². The first-order valence-corrected chi connectivity index (χ1v) is 6.44. The van der Waals surface area contributed by atoms with Gasteiger partial charge >= 0.3 is 0 Å². The van der Waals surface area contributed by atoms with Crippen LogP contribution < -0.4 is 10.1 Å². The van der Waals surface area contributed by atoms with E-state index in [9.17, 15) is 0 Å². The number of ether oxygens (including phenoxy) is 1. The Bertz CT molecular complexity index is 333. The van der Waals surface area contributed by atoms with Crippen LogP contribution in [0.5, 0.6) is 5.75 Å². The van der Waals surface area contributed by atoms with Gasteiger partial charge in [-0.25, -0.2) is 0 Å². The molecule has 0 aliphatic heterocycles. The van der Waals surface area contributed by atoms with E-state index in [0.717, 1.165) is 31.7 Å². The molecule has 0 aliphatic carbocycles. The Morgan fingerprint density at radius 2 is 2.11 bits per heavy atom. The van der Waals surface area contributed by atoms with E-state index in [1.165, 1.54) is 5.56 Å². The van der Waals surface area contributed by atoms with E-state index < -0.39 is 0 Å². The number of hydrogen-bond donors (Lipinski definition) is 2. The molecule has 2 N–H and O–H groups in total. The van der Waals surface area contributed by atoms with E-state index in [-0.39, 0.29) is 6.10 Å². The Kier molecular flexibility index (Phi) is 7.14. The van der Waals surface area contributed by atoms with Crippen molar-refractivity contribution >= 4 is 0 Å². The second-order valence-electron chi connectivity index (χ2n) is 4.41. The monoisotopic (exact) mass is 249 g/mol. The number of hydrogen-bond acceptors (Lipinski definition) is 3. The summed E-state index contributed by atoms with van der Waals surface area (Å²) < 4.78 is 5.41. The van der Waals surface area contributed by atoms with Gasteiger partial charge in [-0.3, -0.25) is 0 Å². The molecule has 0 bridgehead atoms. The minimum absolute atomic E-state index is 0.201. The number of nitrogens with one attached hydrogen (secondary N) is 1. The topological polar surface area (TPSA) is 41.5 Å². The van der Waals surface area contributed by atoms with Crippen molar-refractivity contribution in [1.82, 2.24) is 5.32 Å². The van der Waals surface area contributed by atoms with Crippen LogP contribution in [0.25, 0.3) is 0 Å². The maximum absolute atomic E-state index is 9.12. The van der Waals surface area contributed by atoms with Crippen LogP contribution in [-0.2, 0) is 6.54 Å². The van der Waals surface area contributed by atoms with Crippen molar-refractivity contribution in [2.75, 3.05) is 13.2 Å². The van der Waals surface area contributed by atoms with Crippen LogP contribution in [0.3, 0.4) is 0 Å². The predicted molar refractivity (Wildman–Crippen MR) is 74.8 cm³/mol. The molecule has 1 rings (SSSR count). The number of benzene rings is 1. The number of rotatable bonds is 9. The van der Waals surface area contributed by atoms with Gasteiger partial charge in [0.1, 0.15) is 12.4 Å². The lowest BCUT2D eigenvalue weighted by Gasteiger charge is -2.07. The van der Waals surface area contributed by atoms with E-state index in [1.807, 2.05) is 19.1 Å². The lowest BCUT2D eigenvalue weighted by atomic mass is 10.2. The van der Waals surface area contributed by atoms with Gasteiger partial charge in [-0.05, 0) is 44.0 Å². The molecule has 0 aromatic heterocycles. The lowest BCUT2D eigenvalue weighted by molar-refractivity contribution is 0.181. The van der Waals surface area contributed by atoms with Crippen molar-refractivity contribution in [3.05, 3.63) is 42.5 Å². The highest BCUT2D eigenvalue weighted by atomic mass is 16.5. The van der Waals surface area contributed by atoms with Crippen LogP contribution in [0.4, 0.5) is 0 Å². The zero-order valence-corrected chi connectivity index (χ0v) is 11.1. The first-order valence-electron chi connectivity index (χ1n) is 6.44. The lowest BCUT2D eigenvalue weighted by Crippen LogP contribution is -2.16. The van der Waals surface area contributed by atoms with Crippen LogP contribution in [-0.4, -0.2) is 24.4 Å². The van der Waals surface area contributed by atoms with E-state index in [1.54, 1.807) is 6.08 Å². The second kappa shape index (κ2) is 8.72. The molecule has 0 saturated carbocycles. The minimum Gasteiger partial charge on any atom is -0.490 e. The van der Waals surface area contributed by atoms with E-state index in [4.69, 9.17) is 9.84 Å². The van der Waals surface area contributed by atoms with E-state index in [2.05, 4.69) is 24.0 Å². The van der Waals surface area contributed by atoms with Gasteiger partial charge in [0.15, 0.2) is 0 Å². The first kappa shape index (κ1) is 14.7. The third-order valence-electron chi connectivity index (χ3n) is 2.60. The number of aliphatic hydroxyl groups is 1. The third-order valence-corrected chi connectivity index (χ3v) is 2.60. The standard InChI is InChI=1S/C15H23NO2/c1-3-11-18-15-8-6-14(7-9-15)12-16-10-4-5-13(2)17/h3,6-9,13,16-17H,1,4-5,10-12H2,2H3. The SMILES string of the molecule is C=CCOc1ccc(CNCCCC(C)O)cc1. The third kappa shape index (κ3) is 6.42. The summed E-state index contributed by atoms with van der Waals surface area (Å²) in [6.07, 6.45) is 3.38. The van der Waals surface area contributed by atoms with Crippen LogP contribution in [0.2, 0.25) is 0 Å². The molecular formula is C15H23NO2. The highest BCUT2D eigenvalue weighted by Gasteiger charge is 1.97. The number of aliphatic hydroxyl groups excluding tert-OH is 1. The Balaban J connectivity index is 2.20. The average Bonchev–Trinajstić information content (AvgIpc) is 2.37. The highest BCUT2D eigenvalue weighted by Crippen LogP contribution is 2.11. The Morgan fingerprint density at radius 1 is 1.39 bits per heavy atom. The normalized spacial score (nSPS) is 12.1. The van der Waals surface area contributed by atoms with Crippen molar-refractivity contribution in [1.29, 1.82) is 0 Å². The minimum atomic E-state index is -0.201. The highest BCUT2D eigenvalue weighted by molar-refractivity contribution is 5.27. The molecule has 3 heteroatoms. The molecule has 1 unspecified atom stereocenters. The molecule has 0 saturated heterocycles. The molecule has 0 amide bonds. The summed E-state index contributed by atoms with van der Waals surface area (Å²) in [5.41, 5.74) is 1.23. The zero-order valence-electron chi connectivity index (χ0n) is 11.1. The van der Waals surface area contributed by atoms with Gasteiger partial charge in [0, 0.05) is 6.54 Å². The zero-order chi connectivity index (χ0) is 13.2. The Hall–Kier alpha value is -1.32. The fourth-order valence-corrected chi connectivity index (χ4v) is 1.61. The van der Waals surface area contributed by atoms with Crippen LogP contribution in [0, 0.1) is 0 Å². The van der Waals surface area contributed by atoms with Gasteiger partial charge < -0.3 is 15.2 Å². The maximum Gasteiger partial charge on any atom is 0.119 e. The van der Waals surface area contributed by atoms with Gasteiger partial charge in [-0.15, -0.1) is 0 Å².